The van der Waals surface area contributed by atoms with Crippen molar-refractivity contribution in [2.45, 2.75) is 0 Å². The molecule has 0 N–H and O–H groups in total. The Kier molecular flexibility index (Phi) is 1.69. The summed E-state index contributed by atoms with van der Waals surface area (Å²) in [6.45, 7) is 0. The van der Waals surface area contributed by atoms with E-state index in [2.05, 4.69) is 20.9 Å². The average Bonchev–Trinajstić information content (AvgIpc) is 2.85. The fraction of sp³-hybridized carbons (Fsp3) is 0. The number of imidazole rings is 1. The van der Waals surface area contributed by atoms with Crippen LogP contribution in [-0.4, -0.2) is 9.38 Å². The summed E-state index contributed by atoms with van der Waals surface area (Å²) in [5.74, 6) is 0.633. The molecule has 0 radical (unpaired) electrons. The predicted octanol–water partition coefficient (Wildman–Crippen LogP) is 4.00. The summed E-state index contributed by atoms with van der Waals surface area (Å²) in [5, 5.41) is 0. The molecule has 0 saturated carbocycles. The fourth-order valence-electron chi connectivity index (χ4n) is 2.17. The molecule has 2 aromatic carbocycles. The zero-order valence-corrected chi connectivity index (χ0v) is 10.3. The molecular weight excluding hydrogens is 280 g/mol. The zero-order valence-electron chi connectivity index (χ0n) is 8.72. The fourth-order valence-corrected chi connectivity index (χ4v) is 2.61. The second-order valence-electron chi connectivity index (χ2n) is 3.91. The quantitative estimate of drug-likeness (QED) is 0.489. The molecule has 82 valence electrons. The van der Waals surface area contributed by atoms with Crippen LogP contribution in [0.1, 0.15) is 0 Å². The van der Waals surface area contributed by atoms with E-state index in [1.54, 1.807) is 0 Å². The van der Waals surface area contributed by atoms with Crippen LogP contribution in [0.25, 0.3) is 28.0 Å². The molecule has 0 unspecified atom stereocenters. The first kappa shape index (κ1) is 9.24. The maximum Gasteiger partial charge on any atom is 0.307 e. The minimum Gasteiger partial charge on any atom is -0.422 e. The van der Waals surface area contributed by atoms with Gasteiger partial charge in [-0.25, -0.2) is 0 Å². The first-order chi connectivity index (χ1) is 8.34. The highest BCUT2D eigenvalue weighted by Gasteiger charge is 2.13. The Hall–Kier alpha value is -1.81. The lowest BCUT2D eigenvalue weighted by Gasteiger charge is -1.93. The van der Waals surface area contributed by atoms with Gasteiger partial charge in [-0.1, -0.05) is 18.2 Å². The zero-order chi connectivity index (χ0) is 11.4. The van der Waals surface area contributed by atoms with Crippen LogP contribution in [0, 0.1) is 0 Å². The normalized spacial score (nSPS) is 11.8. The highest BCUT2D eigenvalue weighted by Crippen LogP contribution is 2.30. The Morgan fingerprint density at radius 3 is 2.76 bits per heavy atom. The lowest BCUT2D eigenvalue weighted by atomic mass is 10.3. The number of nitrogens with zero attached hydrogens (tertiary/aromatic N) is 2. The number of para-hydroxylation sites is 3. The maximum atomic E-state index is 5.77. The molecule has 4 aromatic rings. The van der Waals surface area contributed by atoms with Gasteiger partial charge in [0.25, 0.3) is 0 Å². The van der Waals surface area contributed by atoms with Crippen molar-refractivity contribution in [2.75, 3.05) is 0 Å². The highest BCUT2D eigenvalue weighted by molar-refractivity contribution is 9.10. The molecule has 0 aliphatic carbocycles. The molecule has 4 heteroatoms. The van der Waals surface area contributed by atoms with E-state index < -0.39 is 0 Å². The molecule has 2 heterocycles. The summed E-state index contributed by atoms with van der Waals surface area (Å²) in [5.41, 5.74) is 3.89. The number of rotatable bonds is 0. The number of oxazole rings is 1. The maximum absolute atomic E-state index is 5.77. The van der Waals surface area contributed by atoms with E-state index in [-0.39, 0.29) is 0 Å². The molecule has 0 fully saturated rings. The molecule has 0 aliphatic heterocycles. The standard InChI is InChI=1S/C13H7BrN2O/c14-8-4-3-7-11-12(8)17-13-15-9-5-1-2-6-10(9)16(11)13/h1-7H. The van der Waals surface area contributed by atoms with Crippen LogP contribution in [0.3, 0.4) is 0 Å². The predicted molar refractivity (Wildman–Crippen MR) is 70.2 cm³/mol. The number of hydrogen-bond acceptors (Lipinski definition) is 2. The molecule has 3 nitrogen and oxygen atoms in total. The molecule has 0 saturated heterocycles. The molecule has 4 rings (SSSR count). The summed E-state index contributed by atoms with van der Waals surface area (Å²) < 4.78 is 8.76. The van der Waals surface area contributed by atoms with Gasteiger partial charge in [-0.3, -0.25) is 4.40 Å². The molecule has 2 aromatic heterocycles. The topological polar surface area (TPSA) is 30.4 Å². The van der Waals surface area contributed by atoms with Crippen molar-refractivity contribution in [2.24, 2.45) is 0 Å². The summed E-state index contributed by atoms with van der Waals surface area (Å²) in [7, 11) is 0. The number of hydrogen-bond donors (Lipinski definition) is 0. The SMILES string of the molecule is Brc1cccc2c1oc1nc3ccccc3n12. The van der Waals surface area contributed by atoms with Crippen LogP contribution in [0.2, 0.25) is 0 Å². The molecule has 0 aliphatic rings. The van der Waals surface area contributed by atoms with Gasteiger partial charge < -0.3 is 4.42 Å². The van der Waals surface area contributed by atoms with Crippen molar-refractivity contribution >= 4 is 43.9 Å². The lowest BCUT2D eigenvalue weighted by molar-refractivity contribution is 0.641. The smallest absolute Gasteiger partial charge is 0.307 e. The minimum absolute atomic E-state index is 0.633. The van der Waals surface area contributed by atoms with Gasteiger partial charge in [0, 0.05) is 0 Å². The van der Waals surface area contributed by atoms with Crippen LogP contribution >= 0.6 is 15.9 Å². The van der Waals surface area contributed by atoms with Crippen molar-refractivity contribution in [1.82, 2.24) is 9.38 Å². The lowest BCUT2D eigenvalue weighted by Crippen LogP contribution is -1.79. The van der Waals surface area contributed by atoms with Gasteiger partial charge in [-0.15, -0.1) is 0 Å². The van der Waals surface area contributed by atoms with E-state index >= 15 is 0 Å². The third kappa shape index (κ3) is 1.13. The molecule has 0 atom stereocenters. The van der Waals surface area contributed by atoms with Crippen molar-refractivity contribution in [3.8, 4) is 0 Å². The van der Waals surface area contributed by atoms with E-state index in [0.717, 1.165) is 26.6 Å². The van der Waals surface area contributed by atoms with Crippen LogP contribution in [-0.2, 0) is 0 Å². The third-order valence-electron chi connectivity index (χ3n) is 2.91. The highest BCUT2D eigenvalue weighted by atomic mass is 79.9. The Balaban J connectivity index is 2.36. The molecule has 0 amide bonds. The molecule has 0 bridgehead atoms. The Labute approximate surface area is 105 Å². The second kappa shape index (κ2) is 3.11. The summed E-state index contributed by atoms with van der Waals surface area (Å²) in [4.78, 5) is 4.47. The first-order valence-electron chi connectivity index (χ1n) is 5.29. The number of halogens is 1. The van der Waals surface area contributed by atoms with E-state index in [1.165, 1.54) is 0 Å². The van der Waals surface area contributed by atoms with E-state index in [4.69, 9.17) is 4.42 Å². The summed E-state index contributed by atoms with van der Waals surface area (Å²) >= 11 is 3.49. The first-order valence-corrected chi connectivity index (χ1v) is 6.08. The molecular formula is C13H7BrN2O. The molecule has 0 spiro atoms. The van der Waals surface area contributed by atoms with Gasteiger partial charge in [0.05, 0.1) is 21.0 Å². The van der Waals surface area contributed by atoms with Gasteiger partial charge in [0.15, 0.2) is 5.58 Å². The Morgan fingerprint density at radius 1 is 1.00 bits per heavy atom. The van der Waals surface area contributed by atoms with Crippen LogP contribution in [0.15, 0.2) is 51.4 Å². The summed E-state index contributed by atoms with van der Waals surface area (Å²) in [6.07, 6.45) is 0. The van der Waals surface area contributed by atoms with Crippen molar-refractivity contribution in [3.05, 3.63) is 46.9 Å². The van der Waals surface area contributed by atoms with Gasteiger partial charge >= 0.3 is 5.84 Å². The van der Waals surface area contributed by atoms with Crippen molar-refractivity contribution in [1.29, 1.82) is 0 Å². The van der Waals surface area contributed by atoms with Crippen molar-refractivity contribution < 1.29 is 4.42 Å². The van der Waals surface area contributed by atoms with Crippen LogP contribution in [0.5, 0.6) is 0 Å². The Bertz CT molecular complexity index is 860. The Morgan fingerprint density at radius 2 is 1.82 bits per heavy atom. The molecule has 17 heavy (non-hydrogen) atoms. The van der Waals surface area contributed by atoms with E-state index in [9.17, 15) is 0 Å². The third-order valence-corrected chi connectivity index (χ3v) is 3.53. The second-order valence-corrected chi connectivity index (χ2v) is 4.76. The minimum atomic E-state index is 0.633. The number of benzene rings is 2. The summed E-state index contributed by atoms with van der Waals surface area (Å²) in [6, 6.07) is 14.0. The van der Waals surface area contributed by atoms with E-state index in [0.29, 0.717) is 5.84 Å². The van der Waals surface area contributed by atoms with Crippen LogP contribution in [0.4, 0.5) is 0 Å². The van der Waals surface area contributed by atoms with Gasteiger partial charge in [0.2, 0.25) is 0 Å². The van der Waals surface area contributed by atoms with Gasteiger partial charge in [0.1, 0.15) is 0 Å². The van der Waals surface area contributed by atoms with Gasteiger partial charge in [-0.2, -0.15) is 4.98 Å². The van der Waals surface area contributed by atoms with Crippen molar-refractivity contribution in [3.63, 3.8) is 0 Å². The van der Waals surface area contributed by atoms with E-state index in [1.807, 2.05) is 46.9 Å². The van der Waals surface area contributed by atoms with Crippen LogP contribution < -0.4 is 0 Å². The number of fused-ring (bicyclic) bond motifs is 5. The number of aromatic nitrogens is 2. The monoisotopic (exact) mass is 286 g/mol. The largest absolute Gasteiger partial charge is 0.422 e. The average molecular weight is 287 g/mol. The van der Waals surface area contributed by atoms with Gasteiger partial charge in [-0.05, 0) is 40.2 Å².